The van der Waals surface area contributed by atoms with E-state index in [1.54, 1.807) is 18.5 Å². The van der Waals surface area contributed by atoms with Gasteiger partial charge < -0.3 is 24.0 Å². The summed E-state index contributed by atoms with van der Waals surface area (Å²) in [4.78, 5) is 22.4. The summed E-state index contributed by atoms with van der Waals surface area (Å²) < 4.78 is 19.1. The second-order valence-electron chi connectivity index (χ2n) is 9.48. The van der Waals surface area contributed by atoms with Gasteiger partial charge in [-0.3, -0.25) is 4.98 Å². The lowest BCUT2D eigenvalue weighted by molar-refractivity contribution is 0.0235. The van der Waals surface area contributed by atoms with E-state index >= 15 is 0 Å². The summed E-state index contributed by atoms with van der Waals surface area (Å²) in [5.74, 6) is 0.957. The van der Waals surface area contributed by atoms with Crippen molar-refractivity contribution in [3.05, 3.63) is 77.1 Å². The Hall–Kier alpha value is -3.74. The molecule has 4 rings (SSSR count). The summed E-state index contributed by atoms with van der Waals surface area (Å²) >= 11 is 0. The summed E-state index contributed by atoms with van der Waals surface area (Å²) in [5, 5.41) is 0. The van der Waals surface area contributed by atoms with Crippen molar-refractivity contribution in [2.45, 2.75) is 53.6 Å². The first-order chi connectivity index (χ1) is 19.0. The van der Waals surface area contributed by atoms with Gasteiger partial charge in [0.15, 0.2) is 5.60 Å². The number of hydrogen-bond acceptors (Lipinski definition) is 7. The van der Waals surface area contributed by atoms with Gasteiger partial charge in [0, 0.05) is 78.8 Å². The summed E-state index contributed by atoms with van der Waals surface area (Å²) in [7, 11) is 0. The molecule has 2 heterocycles. The lowest BCUT2D eigenvalue weighted by Crippen LogP contribution is -2.32. The fraction of sp³-hybridized carbons (Fsp3) is 0.438. The first-order valence-electron chi connectivity index (χ1n) is 14.2. The molecule has 39 heavy (non-hydrogen) atoms. The zero-order chi connectivity index (χ0) is 28.0. The van der Waals surface area contributed by atoms with Crippen molar-refractivity contribution in [1.29, 1.82) is 0 Å². The molecule has 0 fully saturated rings. The molecule has 0 saturated carbocycles. The molecule has 0 N–H and O–H groups in total. The Bertz CT molecular complexity index is 1290. The maximum atomic E-state index is 13.4. The second-order valence-corrected chi connectivity index (χ2v) is 9.48. The molecule has 1 unspecified atom stereocenters. The smallest absolute Gasteiger partial charge is 0.340 e. The Kier molecular flexibility index (Phi) is 9.00. The molecule has 0 radical (unpaired) electrons. The van der Waals surface area contributed by atoms with Gasteiger partial charge in [-0.25, -0.2) is 4.79 Å². The quantitative estimate of drug-likeness (QED) is 0.236. The van der Waals surface area contributed by atoms with Gasteiger partial charge in [0.1, 0.15) is 11.5 Å². The highest BCUT2D eigenvalue weighted by Gasteiger charge is 2.52. The van der Waals surface area contributed by atoms with Crippen LogP contribution in [0.1, 0.15) is 75.0 Å². The predicted molar refractivity (Wildman–Crippen MR) is 156 cm³/mol. The van der Waals surface area contributed by atoms with Gasteiger partial charge in [0.05, 0.1) is 18.8 Å². The average Bonchev–Trinajstić information content (AvgIpc) is 3.26. The molecule has 1 aliphatic heterocycles. The molecule has 0 spiro atoms. The third-order valence-electron chi connectivity index (χ3n) is 7.37. The maximum Gasteiger partial charge on any atom is 0.340 e. The number of rotatable bonds is 13. The Morgan fingerprint density at radius 1 is 0.769 bits per heavy atom. The van der Waals surface area contributed by atoms with Crippen LogP contribution in [0, 0.1) is 0 Å². The minimum absolute atomic E-state index is 0.392. The summed E-state index contributed by atoms with van der Waals surface area (Å²) in [5.41, 5.74) is 3.51. The third-order valence-corrected chi connectivity index (χ3v) is 7.37. The van der Waals surface area contributed by atoms with Crippen LogP contribution < -0.4 is 19.3 Å². The number of hydrogen-bond donors (Lipinski definition) is 0. The second kappa shape index (κ2) is 12.4. The van der Waals surface area contributed by atoms with Crippen LogP contribution >= 0.6 is 0 Å². The fourth-order valence-corrected chi connectivity index (χ4v) is 5.43. The fourth-order valence-electron chi connectivity index (χ4n) is 5.43. The van der Waals surface area contributed by atoms with Gasteiger partial charge in [-0.05, 0) is 71.4 Å². The number of esters is 1. The predicted octanol–water partition coefficient (Wildman–Crippen LogP) is 6.42. The van der Waals surface area contributed by atoms with E-state index < -0.39 is 11.6 Å². The molecule has 208 valence electrons. The van der Waals surface area contributed by atoms with Crippen LogP contribution in [0.25, 0.3) is 0 Å². The van der Waals surface area contributed by atoms with E-state index in [4.69, 9.17) is 14.2 Å². The van der Waals surface area contributed by atoms with Crippen molar-refractivity contribution in [2.75, 3.05) is 49.2 Å². The summed E-state index contributed by atoms with van der Waals surface area (Å²) in [6.07, 6.45) is 4.21. The van der Waals surface area contributed by atoms with E-state index in [0.29, 0.717) is 35.8 Å². The minimum Gasteiger partial charge on any atom is -0.493 e. The van der Waals surface area contributed by atoms with Gasteiger partial charge in [-0.1, -0.05) is 6.92 Å². The van der Waals surface area contributed by atoms with E-state index in [2.05, 4.69) is 67.6 Å². The molecule has 2 aromatic carbocycles. The number of pyridine rings is 1. The van der Waals surface area contributed by atoms with Gasteiger partial charge >= 0.3 is 5.97 Å². The molecule has 1 atom stereocenters. The molecule has 0 bridgehead atoms. The van der Waals surface area contributed by atoms with Crippen LogP contribution in [0.5, 0.6) is 11.5 Å². The highest BCUT2D eigenvalue weighted by atomic mass is 16.6. The number of nitrogens with zero attached hydrogens (tertiary/aromatic N) is 3. The number of aromatic nitrogens is 1. The minimum atomic E-state index is -1.28. The summed E-state index contributed by atoms with van der Waals surface area (Å²) in [6.45, 7) is 17.1. The standard InChI is InChI=1S/C32H41N3O4/c1-7-19-38-30-21-24(35(10-4)11-5)14-16-27(30)32(28-22-33-18-17-25(28)31(36)39-32)26-15-13-23(34(8-2)9-3)20-29(26)37-12-6/h13-18,20-22H,7-12,19H2,1-6H3. The van der Waals surface area contributed by atoms with Crippen LogP contribution in [0.2, 0.25) is 0 Å². The SMILES string of the molecule is CCCOc1cc(N(CC)CC)ccc1C1(c2ccc(N(CC)CC)cc2OCC)OC(=O)c2ccncc21. The lowest BCUT2D eigenvalue weighted by Gasteiger charge is -2.34. The van der Waals surface area contributed by atoms with Crippen LogP contribution in [0.4, 0.5) is 11.4 Å². The molecule has 3 aromatic rings. The number of ether oxygens (including phenoxy) is 3. The van der Waals surface area contributed by atoms with E-state index in [1.165, 1.54) is 0 Å². The van der Waals surface area contributed by atoms with Gasteiger partial charge in [-0.2, -0.15) is 0 Å². The molecule has 1 aromatic heterocycles. The highest BCUT2D eigenvalue weighted by Crippen LogP contribution is 2.53. The van der Waals surface area contributed by atoms with Crippen molar-refractivity contribution in [3.63, 3.8) is 0 Å². The number of carbonyl (C=O) groups excluding carboxylic acids is 1. The van der Waals surface area contributed by atoms with Crippen LogP contribution in [0.15, 0.2) is 54.9 Å². The Labute approximate surface area is 232 Å². The number of fused-ring (bicyclic) bond motifs is 1. The van der Waals surface area contributed by atoms with Crippen LogP contribution in [-0.2, 0) is 10.3 Å². The summed E-state index contributed by atoms with van der Waals surface area (Å²) in [6, 6.07) is 14.0. The molecule has 0 aliphatic carbocycles. The normalized spacial score (nSPS) is 16.0. The molecular formula is C32H41N3O4. The van der Waals surface area contributed by atoms with Crippen LogP contribution in [0.3, 0.4) is 0 Å². The number of cyclic esters (lactones) is 1. The molecule has 0 saturated heterocycles. The first kappa shape index (κ1) is 28.3. The molecule has 7 heteroatoms. The van der Waals surface area contributed by atoms with Crippen molar-refractivity contribution in [1.82, 2.24) is 4.98 Å². The number of carbonyl (C=O) groups is 1. The molecule has 7 nitrogen and oxygen atoms in total. The number of benzene rings is 2. The number of anilines is 2. The van der Waals surface area contributed by atoms with Gasteiger partial charge in [0.25, 0.3) is 0 Å². The lowest BCUT2D eigenvalue weighted by atomic mass is 9.79. The maximum absolute atomic E-state index is 13.4. The van der Waals surface area contributed by atoms with E-state index in [0.717, 1.165) is 55.1 Å². The zero-order valence-electron chi connectivity index (χ0n) is 24.1. The highest BCUT2D eigenvalue weighted by molar-refractivity contribution is 5.96. The molecule has 1 aliphatic rings. The van der Waals surface area contributed by atoms with Crippen LogP contribution in [-0.4, -0.2) is 50.3 Å². The molecular weight excluding hydrogens is 490 g/mol. The van der Waals surface area contributed by atoms with E-state index in [1.807, 2.05) is 25.1 Å². The van der Waals surface area contributed by atoms with Crippen molar-refractivity contribution >= 4 is 17.3 Å². The van der Waals surface area contributed by atoms with Crippen molar-refractivity contribution in [2.24, 2.45) is 0 Å². The van der Waals surface area contributed by atoms with Crippen molar-refractivity contribution < 1.29 is 19.0 Å². The molecule has 0 amide bonds. The average molecular weight is 532 g/mol. The third kappa shape index (κ3) is 5.14. The van der Waals surface area contributed by atoms with E-state index in [-0.39, 0.29) is 0 Å². The topological polar surface area (TPSA) is 64.1 Å². The van der Waals surface area contributed by atoms with Gasteiger partial charge in [0.2, 0.25) is 0 Å². The first-order valence-corrected chi connectivity index (χ1v) is 14.2. The van der Waals surface area contributed by atoms with E-state index in [9.17, 15) is 4.79 Å². The Balaban J connectivity index is 2.04. The Morgan fingerprint density at radius 3 is 1.85 bits per heavy atom. The Morgan fingerprint density at radius 2 is 1.33 bits per heavy atom. The monoisotopic (exact) mass is 531 g/mol. The largest absolute Gasteiger partial charge is 0.493 e. The van der Waals surface area contributed by atoms with Crippen molar-refractivity contribution in [3.8, 4) is 11.5 Å². The zero-order valence-corrected chi connectivity index (χ0v) is 24.1. The van der Waals surface area contributed by atoms with Gasteiger partial charge in [-0.15, -0.1) is 0 Å².